The highest BCUT2D eigenvalue weighted by Crippen LogP contribution is 2.26. The maximum absolute atomic E-state index is 11.8. The largest absolute Gasteiger partial charge is 0.394 e. The summed E-state index contributed by atoms with van der Waals surface area (Å²) >= 11 is 0. The van der Waals surface area contributed by atoms with Gasteiger partial charge in [0, 0.05) is 12.3 Å². The Labute approximate surface area is 95.9 Å². The van der Waals surface area contributed by atoms with Crippen molar-refractivity contribution in [3.05, 3.63) is 33.1 Å². The fourth-order valence-electron chi connectivity index (χ4n) is 1.85. The van der Waals surface area contributed by atoms with Crippen LogP contribution in [0.5, 0.6) is 0 Å². The molecule has 0 saturated carbocycles. The number of aromatic nitrogens is 2. The standard InChI is InChI=1S/C10H12N2O5/c13-5-7-1-2-9(17-7)11-4-3-8(15)12(6-14)10(11)16/h3-4,6-7,9,13H,1-2,5H2/t7-,9+/m1/s1. The van der Waals surface area contributed by atoms with E-state index in [1.54, 1.807) is 0 Å². The summed E-state index contributed by atoms with van der Waals surface area (Å²) in [6, 6.07) is 1.13. The zero-order chi connectivity index (χ0) is 12.4. The number of rotatable bonds is 3. The average Bonchev–Trinajstić information content (AvgIpc) is 2.78. The first kappa shape index (κ1) is 11.7. The number of hydrogen-bond donors (Lipinski definition) is 1. The Morgan fingerprint density at radius 1 is 1.47 bits per heavy atom. The molecule has 2 atom stereocenters. The van der Waals surface area contributed by atoms with Gasteiger partial charge in [-0.2, -0.15) is 4.57 Å². The summed E-state index contributed by atoms with van der Waals surface area (Å²) in [5, 5.41) is 8.92. The van der Waals surface area contributed by atoms with Gasteiger partial charge in [0.25, 0.3) is 5.56 Å². The van der Waals surface area contributed by atoms with Crippen molar-refractivity contribution in [1.29, 1.82) is 0 Å². The molecular formula is C10H12N2O5. The molecule has 1 fully saturated rings. The zero-order valence-electron chi connectivity index (χ0n) is 8.98. The first-order valence-electron chi connectivity index (χ1n) is 5.22. The van der Waals surface area contributed by atoms with Crippen molar-refractivity contribution in [2.75, 3.05) is 6.61 Å². The molecule has 1 saturated heterocycles. The van der Waals surface area contributed by atoms with Gasteiger partial charge in [-0.05, 0) is 12.8 Å². The van der Waals surface area contributed by atoms with Crippen LogP contribution in [-0.4, -0.2) is 33.4 Å². The number of nitrogens with zero attached hydrogens (tertiary/aromatic N) is 2. The van der Waals surface area contributed by atoms with Gasteiger partial charge in [-0.3, -0.25) is 14.2 Å². The van der Waals surface area contributed by atoms with Crippen LogP contribution in [0.2, 0.25) is 0 Å². The van der Waals surface area contributed by atoms with Gasteiger partial charge in [0.05, 0.1) is 12.7 Å². The van der Waals surface area contributed by atoms with Crippen LogP contribution in [0.1, 0.15) is 19.1 Å². The van der Waals surface area contributed by atoms with Crippen molar-refractivity contribution in [3.8, 4) is 0 Å². The molecule has 0 radical (unpaired) electrons. The fourth-order valence-corrected chi connectivity index (χ4v) is 1.85. The van der Waals surface area contributed by atoms with Gasteiger partial charge in [0.2, 0.25) is 6.41 Å². The summed E-state index contributed by atoms with van der Waals surface area (Å²) in [6.07, 6.45) is 1.83. The van der Waals surface area contributed by atoms with E-state index >= 15 is 0 Å². The summed E-state index contributed by atoms with van der Waals surface area (Å²) in [5.41, 5.74) is -1.39. The van der Waals surface area contributed by atoms with Crippen LogP contribution in [0.4, 0.5) is 0 Å². The number of carbonyl (C=O) groups excluding carboxylic acids is 1. The third-order valence-electron chi connectivity index (χ3n) is 2.75. The van der Waals surface area contributed by atoms with Gasteiger partial charge in [0.1, 0.15) is 6.23 Å². The summed E-state index contributed by atoms with van der Waals surface area (Å²) in [6.45, 7) is -0.113. The first-order chi connectivity index (χ1) is 8.17. The Morgan fingerprint density at radius 3 is 2.82 bits per heavy atom. The van der Waals surface area contributed by atoms with E-state index in [0.717, 1.165) is 6.07 Å². The minimum absolute atomic E-state index is 0.113. The lowest BCUT2D eigenvalue weighted by molar-refractivity contribution is -0.0248. The van der Waals surface area contributed by atoms with Crippen LogP contribution < -0.4 is 11.2 Å². The fraction of sp³-hybridized carbons (Fsp3) is 0.500. The predicted octanol–water partition coefficient (Wildman–Crippen LogP) is -1.28. The third-order valence-corrected chi connectivity index (χ3v) is 2.75. The molecule has 17 heavy (non-hydrogen) atoms. The quantitative estimate of drug-likeness (QED) is 0.664. The second-order valence-corrected chi connectivity index (χ2v) is 3.79. The number of carbonyl (C=O) groups is 1. The molecule has 1 aliphatic heterocycles. The van der Waals surface area contributed by atoms with Crippen LogP contribution in [-0.2, 0) is 9.53 Å². The van der Waals surface area contributed by atoms with Gasteiger partial charge >= 0.3 is 5.69 Å². The molecular weight excluding hydrogens is 228 g/mol. The van der Waals surface area contributed by atoms with Crippen molar-refractivity contribution in [1.82, 2.24) is 9.13 Å². The smallest absolute Gasteiger partial charge is 0.339 e. The summed E-state index contributed by atoms with van der Waals surface area (Å²) in [4.78, 5) is 33.6. The highest BCUT2D eigenvalue weighted by Gasteiger charge is 2.27. The summed E-state index contributed by atoms with van der Waals surface area (Å²) in [7, 11) is 0. The van der Waals surface area contributed by atoms with E-state index in [1.165, 1.54) is 10.8 Å². The Bertz CT molecular complexity index is 532. The predicted molar refractivity (Wildman–Crippen MR) is 57.3 cm³/mol. The first-order valence-corrected chi connectivity index (χ1v) is 5.22. The molecule has 92 valence electrons. The summed E-state index contributed by atoms with van der Waals surface area (Å²) in [5.74, 6) is 0. The minimum Gasteiger partial charge on any atom is -0.394 e. The topological polar surface area (TPSA) is 90.5 Å². The molecule has 0 amide bonds. The number of aliphatic hydroxyl groups is 1. The molecule has 1 N–H and O–H groups in total. The highest BCUT2D eigenvalue weighted by molar-refractivity contribution is 5.50. The Kier molecular flexibility index (Phi) is 3.21. The van der Waals surface area contributed by atoms with Gasteiger partial charge in [-0.15, -0.1) is 0 Å². The normalized spacial score (nSPS) is 23.8. The molecule has 0 unspecified atom stereocenters. The number of aliphatic hydroxyl groups excluding tert-OH is 1. The maximum Gasteiger partial charge on any atom is 0.339 e. The lowest BCUT2D eigenvalue weighted by Crippen LogP contribution is -2.40. The van der Waals surface area contributed by atoms with Gasteiger partial charge in [0.15, 0.2) is 0 Å². The zero-order valence-corrected chi connectivity index (χ0v) is 8.98. The van der Waals surface area contributed by atoms with Gasteiger partial charge in [-0.25, -0.2) is 4.79 Å². The molecule has 1 aliphatic rings. The van der Waals surface area contributed by atoms with E-state index in [9.17, 15) is 14.4 Å². The SMILES string of the molecule is O=Cn1c(=O)ccn([C@@H]2CC[C@H](CO)O2)c1=O. The lowest BCUT2D eigenvalue weighted by Gasteiger charge is -2.14. The van der Waals surface area contributed by atoms with E-state index in [2.05, 4.69) is 0 Å². The minimum atomic E-state index is -0.726. The molecule has 1 aromatic heterocycles. The van der Waals surface area contributed by atoms with E-state index < -0.39 is 17.5 Å². The van der Waals surface area contributed by atoms with Crippen molar-refractivity contribution in [3.63, 3.8) is 0 Å². The van der Waals surface area contributed by atoms with Gasteiger partial charge < -0.3 is 9.84 Å². The van der Waals surface area contributed by atoms with E-state index in [1.807, 2.05) is 0 Å². The van der Waals surface area contributed by atoms with Crippen molar-refractivity contribution in [2.45, 2.75) is 25.2 Å². The summed E-state index contributed by atoms with van der Waals surface area (Å²) < 4.78 is 7.07. The molecule has 2 heterocycles. The molecule has 0 aromatic carbocycles. The van der Waals surface area contributed by atoms with E-state index in [0.29, 0.717) is 17.4 Å². The van der Waals surface area contributed by atoms with Crippen molar-refractivity contribution in [2.24, 2.45) is 0 Å². The number of hydrogen-bond acceptors (Lipinski definition) is 5. The van der Waals surface area contributed by atoms with Gasteiger partial charge in [-0.1, -0.05) is 0 Å². The van der Waals surface area contributed by atoms with Crippen molar-refractivity contribution < 1.29 is 14.6 Å². The van der Waals surface area contributed by atoms with Crippen LogP contribution >= 0.6 is 0 Å². The number of ether oxygens (including phenoxy) is 1. The van der Waals surface area contributed by atoms with E-state index in [4.69, 9.17) is 9.84 Å². The van der Waals surface area contributed by atoms with Crippen LogP contribution in [0.3, 0.4) is 0 Å². The van der Waals surface area contributed by atoms with Crippen LogP contribution in [0.15, 0.2) is 21.9 Å². The maximum atomic E-state index is 11.8. The van der Waals surface area contributed by atoms with Crippen LogP contribution in [0.25, 0.3) is 0 Å². The van der Waals surface area contributed by atoms with Crippen molar-refractivity contribution >= 4 is 6.41 Å². The molecule has 0 spiro atoms. The second-order valence-electron chi connectivity index (χ2n) is 3.79. The van der Waals surface area contributed by atoms with E-state index in [-0.39, 0.29) is 19.1 Å². The Balaban J connectivity index is 2.38. The molecule has 2 rings (SSSR count). The Hall–Kier alpha value is -1.73. The second kappa shape index (κ2) is 4.64. The molecule has 1 aromatic rings. The highest BCUT2D eigenvalue weighted by atomic mass is 16.5. The molecule has 0 aliphatic carbocycles. The molecule has 0 bridgehead atoms. The monoisotopic (exact) mass is 240 g/mol. The molecule has 7 heteroatoms. The third kappa shape index (κ3) is 2.06. The van der Waals surface area contributed by atoms with Crippen LogP contribution in [0, 0.1) is 0 Å². The molecule has 7 nitrogen and oxygen atoms in total. The lowest BCUT2D eigenvalue weighted by atomic mass is 10.2. The Morgan fingerprint density at radius 2 is 2.24 bits per heavy atom. The average molecular weight is 240 g/mol.